The van der Waals surface area contributed by atoms with Crippen LogP contribution in [0.5, 0.6) is 0 Å². The maximum atomic E-state index is 13.1. The lowest BCUT2D eigenvalue weighted by atomic mass is 9.90. The Bertz CT molecular complexity index is 945. The molecule has 0 fully saturated rings. The quantitative estimate of drug-likeness (QED) is 0.655. The Balaban J connectivity index is 1.95. The average Bonchev–Trinajstić information content (AvgIpc) is 2.72. The standard InChI is InChI=1S/C23H24O4/c1-16(19-12-6-5-10-18(19)15-24)27-22(25)23(2,26-3)21-14-8-11-17-9-4-7-13-20(17)21/h4-14,16,24H,15H2,1-3H3/t16?,23-/m0/s1. The van der Waals surface area contributed by atoms with Crippen LogP contribution in [-0.4, -0.2) is 18.2 Å². The first-order valence-electron chi connectivity index (χ1n) is 8.94. The highest BCUT2D eigenvalue weighted by molar-refractivity contribution is 5.92. The molecule has 3 aromatic rings. The van der Waals surface area contributed by atoms with Crippen molar-refractivity contribution in [3.63, 3.8) is 0 Å². The van der Waals surface area contributed by atoms with E-state index in [1.165, 1.54) is 7.11 Å². The summed E-state index contributed by atoms with van der Waals surface area (Å²) < 4.78 is 11.4. The molecule has 140 valence electrons. The number of carbonyl (C=O) groups is 1. The van der Waals surface area contributed by atoms with Crippen LogP contribution in [0.1, 0.15) is 36.6 Å². The third kappa shape index (κ3) is 3.59. The van der Waals surface area contributed by atoms with E-state index in [4.69, 9.17) is 9.47 Å². The fraction of sp³-hybridized carbons (Fsp3) is 0.261. The zero-order chi connectivity index (χ0) is 19.4. The monoisotopic (exact) mass is 364 g/mol. The molecule has 0 amide bonds. The zero-order valence-electron chi connectivity index (χ0n) is 15.8. The van der Waals surface area contributed by atoms with Gasteiger partial charge in [0.05, 0.1) is 6.61 Å². The van der Waals surface area contributed by atoms with Crippen LogP contribution in [0.25, 0.3) is 10.8 Å². The Morgan fingerprint density at radius 2 is 1.70 bits per heavy atom. The van der Waals surface area contributed by atoms with Crippen molar-refractivity contribution in [2.75, 3.05) is 7.11 Å². The van der Waals surface area contributed by atoms with Gasteiger partial charge in [-0.2, -0.15) is 0 Å². The van der Waals surface area contributed by atoms with Gasteiger partial charge in [0.1, 0.15) is 6.10 Å². The minimum atomic E-state index is -1.25. The molecule has 1 unspecified atom stereocenters. The van der Waals surface area contributed by atoms with Crippen molar-refractivity contribution in [2.24, 2.45) is 0 Å². The number of hydrogen-bond acceptors (Lipinski definition) is 4. The number of hydrogen-bond donors (Lipinski definition) is 1. The Hall–Kier alpha value is -2.69. The van der Waals surface area contributed by atoms with E-state index in [2.05, 4.69) is 0 Å². The van der Waals surface area contributed by atoms with Crippen molar-refractivity contribution >= 4 is 16.7 Å². The summed E-state index contributed by atoms with van der Waals surface area (Å²) in [6.07, 6.45) is -0.509. The first-order valence-corrected chi connectivity index (χ1v) is 8.94. The first kappa shape index (κ1) is 19.1. The van der Waals surface area contributed by atoms with Gasteiger partial charge in [0, 0.05) is 12.7 Å². The number of fused-ring (bicyclic) bond motifs is 1. The molecule has 0 saturated heterocycles. The molecule has 0 bridgehead atoms. The lowest BCUT2D eigenvalue weighted by Gasteiger charge is -2.29. The third-order valence-corrected chi connectivity index (χ3v) is 5.05. The molecule has 2 atom stereocenters. The molecule has 4 nitrogen and oxygen atoms in total. The van der Waals surface area contributed by atoms with Gasteiger partial charge >= 0.3 is 5.97 Å². The summed E-state index contributed by atoms with van der Waals surface area (Å²) in [4.78, 5) is 13.1. The van der Waals surface area contributed by atoms with Crippen molar-refractivity contribution in [1.29, 1.82) is 0 Å². The molecule has 4 heteroatoms. The van der Waals surface area contributed by atoms with Crippen LogP contribution in [0, 0.1) is 0 Å². The van der Waals surface area contributed by atoms with Gasteiger partial charge in [-0.3, -0.25) is 0 Å². The van der Waals surface area contributed by atoms with E-state index in [0.717, 1.165) is 27.5 Å². The fourth-order valence-corrected chi connectivity index (χ4v) is 3.36. The number of ether oxygens (including phenoxy) is 2. The molecule has 0 heterocycles. The minimum absolute atomic E-state index is 0.108. The SMILES string of the molecule is CO[C@](C)(C(=O)OC(C)c1ccccc1CO)c1cccc2ccccc12. The number of methoxy groups -OCH3 is 1. The summed E-state index contributed by atoms with van der Waals surface area (Å²) >= 11 is 0. The molecule has 3 aromatic carbocycles. The molecule has 27 heavy (non-hydrogen) atoms. The largest absolute Gasteiger partial charge is 0.455 e. The van der Waals surface area contributed by atoms with Crippen molar-refractivity contribution in [3.05, 3.63) is 83.4 Å². The van der Waals surface area contributed by atoms with Gasteiger partial charge in [-0.15, -0.1) is 0 Å². The van der Waals surface area contributed by atoms with Crippen molar-refractivity contribution in [1.82, 2.24) is 0 Å². The van der Waals surface area contributed by atoms with Gasteiger partial charge in [-0.25, -0.2) is 4.79 Å². The molecule has 1 N–H and O–H groups in total. The molecule has 0 aliphatic heterocycles. The highest BCUT2D eigenvalue weighted by Crippen LogP contribution is 2.34. The van der Waals surface area contributed by atoms with Crippen LogP contribution < -0.4 is 0 Å². The lowest BCUT2D eigenvalue weighted by Crippen LogP contribution is -2.37. The van der Waals surface area contributed by atoms with Gasteiger partial charge in [-0.1, -0.05) is 66.7 Å². The predicted octanol–water partition coefficient (Wildman–Crippen LogP) is 4.50. The van der Waals surface area contributed by atoms with Crippen LogP contribution in [0.4, 0.5) is 0 Å². The maximum absolute atomic E-state index is 13.1. The highest BCUT2D eigenvalue weighted by Gasteiger charge is 2.39. The Labute approximate surface area is 159 Å². The Kier molecular flexibility index (Phi) is 5.59. The zero-order valence-corrected chi connectivity index (χ0v) is 15.8. The number of esters is 1. The van der Waals surface area contributed by atoms with Crippen molar-refractivity contribution < 1.29 is 19.4 Å². The van der Waals surface area contributed by atoms with Crippen molar-refractivity contribution in [3.8, 4) is 0 Å². The van der Waals surface area contributed by atoms with E-state index in [1.54, 1.807) is 13.8 Å². The molecule has 0 aliphatic rings. The summed E-state index contributed by atoms with van der Waals surface area (Å²) in [7, 11) is 1.51. The molecule has 0 spiro atoms. The van der Waals surface area contributed by atoms with Gasteiger partial charge in [-0.05, 0) is 35.7 Å². The molecule has 0 saturated carbocycles. The second kappa shape index (κ2) is 7.91. The second-order valence-corrected chi connectivity index (χ2v) is 6.67. The van der Waals surface area contributed by atoms with Crippen LogP contribution in [-0.2, 0) is 26.5 Å². The summed E-state index contributed by atoms with van der Waals surface area (Å²) in [6.45, 7) is 3.41. The normalized spacial score (nSPS) is 14.5. The molecular weight excluding hydrogens is 340 g/mol. The van der Waals surface area contributed by atoms with Gasteiger partial charge < -0.3 is 14.6 Å². The van der Waals surface area contributed by atoms with Crippen LogP contribution in [0.2, 0.25) is 0 Å². The van der Waals surface area contributed by atoms with E-state index in [-0.39, 0.29) is 6.61 Å². The van der Waals surface area contributed by atoms with E-state index in [1.807, 2.05) is 66.7 Å². The number of aliphatic hydroxyl groups excluding tert-OH is 1. The summed E-state index contributed by atoms with van der Waals surface area (Å²) in [6, 6.07) is 21.0. The van der Waals surface area contributed by atoms with Crippen LogP contribution in [0.3, 0.4) is 0 Å². The number of aliphatic hydroxyl groups is 1. The molecule has 0 aliphatic carbocycles. The van der Waals surface area contributed by atoms with Gasteiger partial charge in [0.25, 0.3) is 0 Å². The molecular formula is C23H24O4. The van der Waals surface area contributed by atoms with Gasteiger partial charge in [0.2, 0.25) is 0 Å². The summed E-state index contributed by atoms with van der Waals surface area (Å²) in [5, 5.41) is 11.5. The predicted molar refractivity (Wildman–Crippen MR) is 105 cm³/mol. The van der Waals surface area contributed by atoms with Crippen LogP contribution >= 0.6 is 0 Å². The number of carbonyl (C=O) groups excluding carboxylic acids is 1. The van der Waals surface area contributed by atoms with E-state index in [0.29, 0.717) is 0 Å². The Morgan fingerprint density at radius 3 is 2.44 bits per heavy atom. The van der Waals surface area contributed by atoms with E-state index >= 15 is 0 Å². The first-order chi connectivity index (χ1) is 13.0. The third-order valence-electron chi connectivity index (χ3n) is 5.05. The minimum Gasteiger partial charge on any atom is -0.455 e. The van der Waals surface area contributed by atoms with Crippen LogP contribution in [0.15, 0.2) is 66.7 Å². The van der Waals surface area contributed by atoms with E-state index in [9.17, 15) is 9.90 Å². The molecule has 3 rings (SSSR count). The number of benzene rings is 3. The second-order valence-electron chi connectivity index (χ2n) is 6.67. The molecule has 0 radical (unpaired) electrons. The molecule has 0 aromatic heterocycles. The highest BCUT2D eigenvalue weighted by atomic mass is 16.6. The number of rotatable bonds is 6. The van der Waals surface area contributed by atoms with E-state index < -0.39 is 17.7 Å². The smallest absolute Gasteiger partial charge is 0.343 e. The maximum Gasteiger partial charge on any atom is 0.343 e. The summed E-state index contributed by atoms with van der Waals surface area (Å²) in [5.41, 5.74) is 1.03. The van der Waals surface area contributed by atoms with Gasteiger partial charge in [0.15, 0.2) is 5.60 Å². The van der Waals surface area contributed by atoms with Crippen molar-refractivity contribution in [2.45, 2.75) is 32.2 Å². The fourth-order valence-electron chi connectivity index (χ4n) is 3.36. The summed E-state index contributed by atoms with van der Waals surface area (Å²) in [5.74, 6) is -0.471. The Morgan fingerprint density at radius 1 is 1.04 bits per heavy atom. The topological polar surface area (TPSA) is 55.8 Å². The average molecular weight is 364 g/mol. The lowest BCUT2D eigenvalue weighted by molar-refractivity contribution is -0.173.